The van der Waals surface area contributed by atoms with Crippen LogP contribution in [0.5, 0.6) is 11.5 Å². The molecule has 1 aromatic carbocycles. The Morgan fingerprint density at radius 3 is 1.58 bits per heavy atom. The van der Waals surface area contributed by atoms with Crippen molar-refractivity contribution in [1.82, 2.24) is 0 Å². The highest BCUT2D eigenvalue weighted by Crippen LogP contribution is 2.36. The van der Waals surface area contributed by atoms with Gasteiger partial charge in [-0.1, -0.05) is 12.7 Å². The Morgan fingerprint density at radius 1 is 0.758 bits per heavy atom. The first-order valence-electron chi connectivity index (χ1n) is 10.3. The molecule has 0 spiro atoms. The molecule has 33 heavy (non-hydrogen) atoms. The second-order valence-electron chi connectivity index (χ2n) is 7.99. The van der Waals surface area contributed by atoms with E-state index in [1.165, 1.54) is 18.2 Å². The number of benzene rings is 1. The van der Waals surface area contributed by atoms with Crippen molar-refractivity contribution in [2.45, 2.75) is 68.3 Å². The molecular formula is C21H30O12. The third-order valence-electron chi connectivity index (χ3n) is 5.74. The van der Waals surface area contributed by atoms with Crippen LogP contribution in [0.1, 0.15) is 11.1 Å². The molecule has 2 fully saturated rings. The van der Waals surface area contributed by atoms with Crippen LogP contribution in [-0.4, -0.2) is 115 Å². The maximum atomic E-state index is 10.3. The number of aliphatic hydroxyl groups excluding tert-OH is 8. The van der Waals surface area contributed by atoms with Crippen molar-refractivity contribution in [3.63, 3.8) is 0 Å². The summed E-state index contributed by atoms with van der Waals surface area (Å²) in [6, 6.07) is 2.97. The van der Waals surface area contributed by atoms with E-state index in [1.54, 1.807) is 6.92 Å². The van der Waals surface area contributed by atoms with Crippen LogP contribution >= 0.6 is 0 Å². The molecule has 0 radical (unpaired) electrons. The summed E-state index contributed by atoms with van der Waals surface area (Å²) in [4.78, 5) is 0. The maximum absolute atomic E-state index is 10.3. The van der Waals surface area contributed by atoms with Crippen LogP contribution in [-0.2, 0) is 9.47 Å². The Morgan fingerprint density at radius 2 is 1.18 bits per heavy atom. The fourth-order valence-electron chi connectivity index (χ4n) is 3.66. The molecule has 0 aromatic heterocycles. The molecule has 0 amide bonds. The van der Waals surface area contributed by atoms with Crippen LogP contribution in [0.15, 0.2) is 18.7 Å². The zero-order valence-corrected chi connectivity index (χ0v) is 17.8. The minimum Gasteiger partial charge on any atom is -0.458 e. The van der Waals surface area contributed by atoms with E-state index in [9.17, 15) is 40.9 Å². The van der Waals surface area contributed by atoms with Crippen LogP contribution in [0.2, 0.25) is 0 Å². The highest BCUT2D eigenvalue weighted by molar-refractivity contribution is 5.59. The molecule has 0 saturated carbocycles. The first kappa shape index (κ1) is 25.8. The number of aryl methyl sites for hydroxylation is 1. The van der Waals surface area contributed by atoms with E-state index in [0.29, 0.717) is 11.1 Å². The van der Waals surface area contributed by atoms with E-state index in [4.69, 9.17) is 18.9 Å². The fraction of sp³-hybridized carbons (Fsp3) is 0.619. The lowest BCUT2D eigenvalue weighted by Crippen LogP contribution is -2.60. The van der Waals surface area contributed by atoms with Gasteiger partial charge in [0.2, 0.25) is 12.6 Å². The van der Waals surface area contributed by atoms with Gasteiger partial charge in [-0.2, -0.15) is 0 Å². The Bertz CT molecular complexity index is 815. The molecule has 12 heteroatoms. The molecule has 3 rings (SSSR count). The lowest BCUT2D eigenvalue weighted by atomic mass is 9.99. The molecule has 10 atom stereocenters. The molecule has 1 aromatic rings. The third kappa shape index (κ3) is 5.15. The van der Waals surface area contributed by atoms with Gasteiger partial charge in [0.1, 0.15) is 48.8 Å². The van der Waals surface area contributed by atoms with E-state index in [2.05, 4.69) is 6.58 Å². The standard InChI is InChI=1S/C21H30O12/c1-3-9-5-11(31-21-19(29)17(27)15(25)13(7-23)33-21)10(4-8(9)2)30-20-18(28)16(26)14(24)12(6-22)32-20/h3-5,12-29H,1,6-7H2,2H3. The second-order valence-corrected chi connectivity index (χ2v) is 7.99. The summed E-state index contributed by atoms with van der Waals surface area (Å²) < 4.78 is 22.1. The number of ether oxygens (including phenoxy) is 4. The van der Waals surface area contributed by atoms with Crippen LogP contribution < -0.4 is 9.47 Å². The maximum Gasteiger partial charge on any atom is 0.229 e. The van der Waals surface area contributed by atoms with E-state index >= 15 is 0 Å². The monoisotopic (exact) mass is 474 g/mol. The van der Waals surface area contributed by atoms with Crippen LogP contribution in [0.25, 0.3) is 6.08 Å². The highest BCUT2D eigenvalue weighted by Gasteiger charge is 2.46. The highest BCUT2D eigenvalue weighted by atomic mass is 16.7. The van der Waals surface area contributed by atoms with Gasteiger partial charge in [-0.25, -0.2) is 0 Å². The van der Waals surface area contributed by atoms with E-state index < -0.39 is 74.6 Å². The number of aliphatic hydroxyl groups is 8. The molecule has 186 valence electrons. The average molecular weight is 474 g/mol. The Hall–Kier alpha value is -1.84. The fourth-order valence-corrected chi connectivity index (χ4v) is 3.66. The SMILES string of the molecule is C=Cc1cc(OC2OC(CO)C(O)C(O)C2O)c(OC2OC(CO)C(O)C(O)C2O)cc1C. The van der Waals surface area contributed by atoms with E-state index in [-0.39, 0.29) is 11.5 Å². The van der Waals surface area contributed by atoms with Gasteiger partial charge in [-0.3, -0.25) is 0 Å². The van der Waals surface area contributed by atoms with Crippen LogP contribution in [0.4, 0.5) is 0 Å². The van der Waals surface area contributed by atoms with Crippen molar-refractivity contribution in [3.05, 3.63) is 29.8 Å². The first-order valence-corrected chi connectivity index (χ1v) is 10.3. The van der Waals surface area contributed by atoms with Crippen molar-refractivity contribution in [3.8, 4) is 11.5 Å². The van der Waals surface area contributed by atoms with Crippen molar-refractivity contribution in [1.29, 1.82) is 0 Å². The largest absolute Gasteiger partial charge is 0.458 e. The zero-order chi connectivity index (χ0) is 24.4. The predicted octanol–water partition coefficient (Wildman–Crippen LogP) is -3.00. The molecule has 8 N–H and O–H groups in total. The number of hydrogen-bond acceptors (Lipinski definition) is 12. The number of rotatable bonds is 7. The molecular weight excluding hydrogens is 444 g/mol. The topological polar surface area (TPSA) is 199 Å². The summed E-state index contributed by atoms with van der Waals surface area (Å²) >= 11 is 0. The molecule has 0 aliphatic carbocycles. The van der Waals surface area contributed by atoms with Crippen molar-refractivity contribution >= 4 is 6.08 Å². The number of hydrogen-bond donors (Lipinski definition) is 8. The molecule has 2 aliphatic rings. The predicted molar refractivity (Wildman–Crippen MR) is 110 cm³/mol. The summed E-state index contributed by atoms with van der Waals surface area (Å²) in [6.45, 7) is 4.14. The second kappa shape index (κ2) is 10.6. The molecule has 2 aliphatic heterocycles. The van der Waals surface area contributed by atoms with E-state index in [0.717, 1.165) is 0 Å². The molecule has 12 nitrogen and oxygen atoms in total. The summed E-state index contributed by atoms with van der Waals surface area (Å²) in [7, 11) is 0. The lowest BCUT2D eigenvalue weighted by molar-refractivity contribution is -0.282. The van der Waals surface area contributed by atoms with Gasteiger partial charge in [0, 0.05) is 0 Å². The quantitative estimate of drug-likeness (QED) is 0.199. The van der Waals surface area contributed by atoms with Gasteiger partial charge in [0.25, 0.3) is 0 Å². The summed E-state index contributed by atoms with van der Waals surface area (Å²) in [5.74, 6) is -0.0730. The first-order chi connectivity index (χ1) is 15.6. The van der Waals surface area contributed by atoms with Gasteiger partial charge in [-0.15, -0.1) is 0 Å². The van der Waals surface area contributed by atoms with Gasteiger partial charge >= 0.3 is 0 Å². The van der Waals surface area contributed by atoms with Gasteiger partial charge in [0.15, 0.2) is 11.5 Å². The molecule has 2 heterocycles. The minimum atomic E-state index is -1.68. The molecule has 10 unspecified atom stereocenters. The smallest absolute Gasteiger partial charge is 0.229 e. The van der Waals surface area contributed by atoms with Crippen molar-refractivity contribution in [2.24, 2.45) is 0 Å². The Balaban J connectivity index is 1.90. The molecule has 0 bridgehead atoms. The Kier molecular flexibility index (Phi) is 8.29. The average Bonchev–Trinajstić information content (AvgIpc) is 2.80. The van der Waals surface area contributed by atoms with Gasteiger partial charge in [-0.05, 0) is 30.2 Å². The molecule has 2 saturated heterocycles. The summed E-state index contributed by atoms with van der Waals surface area (Å²) in [6.07, 6.45) is -13.7. The van der Waals surface area contributed by atoms with Crippen LogP contribution in [0.3, 0.4) is 0 Å². The minimum absolute atomic E-state index is 0.0283. The normalized spacial score (nSPS) is 39.2. The van der Waals surface area contributed by atoms with Gasteiger partial charge < -0.3 is 59.8 Å². The van der Waals surface area contributed by atoms with Crippen molar-refractivity contribution in [2.75, 3.05) is 13.2 Å². The van der Waals surface area contributed by atoms with E-state index in [1.807, 2.05) is 0 Å². The zero-order valence-electron chi connectivity index (χ0n) is 17.8. The van der Waals surface area contributed by atoms with Crippen molar-refractivity contribution < 1.29 is 59.8 Å². The van der Waals surface area contributed by atoms with Gasteiger partial charge in [0.05, 0.1) is 13.2 Å². The summed E-state index contributed by atoms with van der Waals surface area (Å²) in [5.41, 5.74) is 1.28. The van der Waals surface area contributed by atoms with Crippen LogP contribution in [0, 0.1) is 6.92 Å². The lowest BCUT2D eigenvalue weighted by Gasteiger charge is -2.41. The third-order valence-corrected chi connectivity index (χ3v) is 5.74. The summed E-state index contributed by atoms with van der Waals surface area (Å²) in [5, 5.41) is 79.3. The Labute approximate surface area is 189 Å².